The molecule has 2 aliphatic rings. The molecule has 1 heterocycles. The van der Waals surface area contributed by atoms with Crippen molar-refractivity contribution in [1.29, 1.82) is 0 Å². The molecule has 1 saturated carbocycles. The molecule has 30 heavy (non-hydrogen) atoms. The molecular weight excluding hydrogens is 382 g/mol. The number of carbonyl (C=O) groups is 3. The highest BCUT2D eigenvalue weighted by molar-refractivity contribution is 5.95. The lowest BCUT2D eigenvalue weighted by Crippen LogP contribution is -2.39. The van der Waals surface area contributed by atoms with Crippen molar-refractivity contribution in [3.05, 3.63) is 29.8 Å². The average Bonchev–Trinajstić information content (AvgIpc) is 3.31. The molecule has 1 aliphatic carbocycles. The first kappa shape index (κ1) is 22.3. The van der Waals surface area contributed by atoms with Crippen molar-refractivity contribution in [2.24, 2.45) is 5.92 Å². The highest BCUT2D eigenvalue weighted by Gasteiger charge is 2.22. The van der Waals surface area contributed by atoms with E-state index in [1.807, 2.05) is 0 Å². The van der Waals surface area contributed by atoms with E-state index in [0.717, 1.165) is 19.3 Å². The second-order valence-electron chi connectivity index (χ2n) is 8.22. The third kappa shape index (κ3) is 7.13. The summed E-state index contributed by atoms with van der Waals surface area (Å²) in [7, 11) is 0. The summed E-state index contributed by atoms with van der Waals surface area (Å²) in [5.74, 6) is 0.382. The van der Waals surface area contributed by atoms with Crippen LogP contribution in [0.1, 0.15) is 68.1 Å². The van der Waals surface area contributed by atoms with Crippen molar-refractivity contribution in [3.8, 4) is 0 Å². The zero-order valence-corrected chi connectivity index (χ0v) is 17.6. The molecule has 0 aromatic heterocycles. The zero-order valence-electron chi connectivity index (χ0n) is 17.6. The lowest BCUT2D eigenvalue weighted by molar-refractivity contribution is -0.130. The minimum Gasteiger partial charge on any atom is -0.368 e. The van der Waals surface area contributed by atoms with Gasteiger partial charge in [-0.25, -0.2) is 0 Å². The SMILES string of the molecule is O=C(CCC1CCCCC1)Nc1ccc(C(=O)NCCNC(=O)C2CCCO2)cc1. The summed E-state index contributed by atoms with van der Waals surface area (Å²) >= 11 is 0. The first-order chi connectivity index (χ1) is 14.6. The molecular formula is C23H33N3O4. The van der Waals surface area contributed by atoms with Crippen molar-refractivity contribution in [1.82, 2.24) is 10.6 Å². The van der Waals surface area contributed by atoms with Gasteiger partial charge in [0, 0.05) is 37.4 Å². The summed E-state index contributed by atoms with van der Waals surface area (Å²) in [6.45, 7) is 1.34. The van der Waals surface area contributed by atoms with Crippen LogP contribution in [0, 0.1) is 5.92 Å². The third-order valence-corrected chi connectivity index (χ3v) is 5.87. The molecule has 1 unspecified atom stereocenters. The smallest absolute Gasteiger partial charge is 0.251 e. The standard InChI is InChI=1S/C23H33N3O4/c27-21(13-8-17-5-2-1-3-6-17)26-19-11-9-18(10-12-19)22(28)24-14-15-25-23(29)20-7-4-16-30-20/h9-12,17,20H,1-8,13-16H2,(H,24,28)(H,25,29)(H,26,27). The van der Waals surface area contributed by atoms with Gasteiger partial charge in [0.15, 0.2) is 0 Å². The molecule has 3 amide bonds. The van der Waals surface area contributed by atoms with Crippen LogP contribution in [0.5, 0.6) is 0 Å². The third-order valence-electron chi connectivity index (χ3n) is 5.87. The number of rotatable bonds is 9. The molecule has 0 radical (unpaired) electrons. The fourth-order valence-corrected chi connectivity index (χ4v) is 4.10. The molecule has 1 aromatic carbocycles. The Bertz CT molecular complexity index is 708. The largest absolute Gasteiger partial charge is 0.368 e. The molecule has 0 spiro atoms. The second kappa shape index (κ2) is 11.7. The monoisotopic (exact) mass is 415 g/mol. The van der Waals surface area contributed by atoms with Crippen molar-refractivity contribution in [3.63, 3.8) is 0 Å². The normalized spacial score (nSPS) is 19.3. The quantitative estimate of drug-likeness (QED) is 0.540. The number of benzene rings is 1. The van der Waals surface area contributed by atoms with Crippen LogP contribution in [0.15, 0.2) is 24.3 Å². The fraction of sp³-hybridized carbons (Fsp3) is 0.609. The molecule has 2 fully saturated rings. The highest BCUT2D eigenvalue weighted by atomic mass is 16.5. The number of hydrogen-bond donors (Lipinski definition) is 3. The van der Waals surface area contributed by atoms with E-state index in [1.165, 1.54) is 32.1 Å². The van der Waals surface area contributed by atoms with Gasteiger partial charge in [-0.05, 0) is 49.4 Å². The van der Waals surface area contributed by atoms with E-state index >= 15 is 0 Å². The zero-order chi connectivity index (χ0) is 21.2. The predicted molar refractivity (Wildman–Crippen MR) is 115 cm³/mol. The van der Waals surface area contributed by atoms with E-state index in [0.29, 0.717) is 43.3 Å². The Balaban J connectivity index is 1.33. The molecule has 1 saturated heterocycles. The Morgan fingerprint density at radius 2 is 1.63 bits per heavy atom. The van der Waals surface area contributed by atoms with Crippen LogP contribution in [0.2, 0.25) is 0 Å². The van der Waals surface area contributed by atoms with Crippen LogP contribution < -0.4 is 16.0 Å². The number of carbonyl (C=O) groups excluding carboxylic acids is 3. The fourth-order valence-electron chi connectivity index (χ4n) is 4.10. The Morgan fingerprint density at radius 1 is 0.900 bits per heavy atom. The van der Waals surface area contributed by atoms with Gasteiger partial charge in [0.25, 0.3) is 5.91 Å². The number of nitrogens with one attached hydrogen (secondary N) is 3. The highest BCUT2D eigenvalue weighted by Crippen LogP contribution is 2.27. The predicted octanol–water partition coefficient (Wildman–Crippen LogP) is 3.01. The van der Waals surface area contributed by atoms with E-state index in [1.54, 1.807) is 24.3 Å². The van der Waals surface area contributed by atoms with Gasteiger partial charge in [0.1, 0.15) is 6.10 Å². The van der Waals surface area contributed by atoms with Gasteiger partial charge in [-0.15, -0.1) is 0 Å². The van der Waals surface area contributed by atoms with Crippen LogP contribution in [0.3, 0.4) is 0 Å². The van der Waals surface area contributed by atoms with E-state index in [-0.39, 0.29) is 23.8 Å². The number of ether oxygens (including phenoxy) is 1. The lowest BCUT2D eigenvalue weighted by atomic mass is 9.86. The van der Waals surface area contributed by atoms with Gasteiger partial charge in [0.2, 0.25) is 11.8 Å². The van der Waals surface area contributed by atoms with Crippen LogP contribution in [0.25, 0.3) is 0 Å². The summed E-state index contributed by atoms with van der Waals surface area (Å²) in [5.41, 5.74) is 1.21. The molecule has 7 nitrogen and oxygen atoms in total. The van der Waals surface area contributed by atoms with E-state index in [4.69, 9.17) is 4.74 Å². The Morgan fingerprint density at radius 3 is 2.33 bits per heavy atom. The van der Waals surface area contributed by atoms with Crippen molar-refractivity contribution < 1.29 is 19.1 Å². The van der Waals surface area contributed by atoms with Crippen molar-refractivity contribution in [2.45, 2.75) is 63.9 Å². The summed E-state index contributed by atoms with van der Waals surface area (Å²) in [4.78, 5) is 36.2. The number of amides is 3. The van der Waals surface area contributed by atoms with Crippen LogP contribution in [-0.4, -0.2) is 43.5 Å². The Labute approximate surface area is 178 Å². The van der Waals surface area contributed by atoms with Gasteiger partial charge in [-0.2, -0.15) is 0 Å². The van der Waals surface area contributed by atoms with Crippen LogP contribution in [0.4, 0.5) is 5.69 Å². The Hall–Kier alpha value is -2.41. The van der Waals surface area contributed by atoms with E-state index < -0.39 is 0 Å². The van der Waals surface area contributed by atoms with Gasteiger partial charge in [-0.1, -0.05) is 32.1 Å². The second-order valence-corrected chi connectivity index (χ2v) is 8.22. The van der Waals surface area contributed by atoms with E-state index in [2.05, 4.69) is 16.0 Å². The summed E-state index contributed by atoms with van der Waals surface area (Å²) in [6.07, 6.45) is 9.20. The molecule has 3 rings (SSSR count). The molecule has 3 N–H and O–H groups in total. The van der Waals surface area contributed by atoms with Gasteiger partial charge < -0.3 is 20.7 Å². The summed E-state index contributed by atoms with van der Waals surface area (Å²) in [5, 5.41) is 8.46. The minimum atomic E-state index is -0.355. The van der Waals surface area contributed by atoms with Gasteiger partial charge >= 0.3 is 0 Å². The first-order valence-electron chi connectivity index (χ1n) is 11.2. The van der Waals surface area contributed by atoms with Crippen molar-refractivity contribution in [2.75, 3.05) is 25.0 Å². The Kier molecular flexibility index (Phi) is 8.68. The first-order valence-corrected chi connectivity index (χ1v) is 11.2. The molecule has 0 bridgehead atoms. The minimum absolute atomic E-state index is 0.0276. The molecule has 1 aliphatic heterocycles. The molecule has 1 aromatic rings. The maximum Gasteiger partial charge on any atom is 0.251 e. The van der Waals surface area contributed by atoms with Crippen molar-refractivity contribution >= 4 is 23.4 Å². The molecule has 7 heteroatoms. The molecule has 164 valence electrons. The average molecular weight is 416 g/mol. The van der Waals surface area contributed by atoms with Crippen LogP contribution >= 0.6 is 0 Å². The maximum atomic E-state index is 12.2. The topological polar surface area (TPSA) is 96.5 Å². The van der Waals surface area contributed by atoms with Gasteiger partial charge in [-0.3, -0.25) is 14.4 Å². The van der Waals surface area contributed by atoms with Crippen LogP contribution in [-0.2, 0) is 14.3 Å². The summed E-state index contributed by atoms with van der Waals surface area (Å²) in [6, 6.07) is 6.87. The van der Waals surface area contributed by atoms with Gasteiger partial charge in [0.05, 0.1) is 0 Å². The lowest BCUT2D eigenvalue weighted by Gasteiger charge is -2.21. The summed E-state index contributed by atoms with van der Waals surface area (Å²) < 4.78 is 5.32. The number of anilines is 1. The molecule has 1 atom stereocenters. The number of hydrogen-bond acceptors (Lipinski definition) is 4. The maximum absolute atomic E-state index is 12.2. The van der Waals surface area contributed by atoms with E-state index in [9.17, 15) is 14.4 Å².